The zero-order chi connectivity index (χ0) is 47.8. The van der Waals surface area contributed by atoms with Gasteiger partial charge in [0.05, 0.1) is 52.5 Å². The Labute approximate surface area is 402 Å². The summed E-state index contributed by atoms with van der Waals surface area (Å²) in [5, 5.41) is 9.19. The van der Waals surface area contributed by atoms with E-state index in [0.717, 1.165) is 67.0 Å². The summed E-state index contributed by atoms with van der Waals surface area (Å²) >= 11 is 0. The molecule has 2 saturated heterocycles. The number of methoxy groups -OCH3 is 1. The largest absolute Gasteiger partial charge is 0.396 e. The molecule has 0 aromatic heterocycles. The highest BCUT2D eigenvalue weighted by Gasteiger charge is 2.54. The van der Waals surface area contributed by atoms with Crippen LogP contribution in [-0.4, -0.2) is 121 Å². The first-order valence-electron chi connectivity index (χ1n) is 23.6. The molecule has 0 amide bonds. The van der Waals surface area contributed by atoms with E-state index in [-0.39, 0.29) is 52.9 Å². The fourth-order valence-corrected chi connectivity index (χ4v) is 8.62. The van der Waals surface area contributed by atoms with Gasteiger partial charge < -0.3 is 52.5 Å². The molecule has 2 fully saturated rings. The lowest BCUT2D eigenvalue weighted by Crippen LogP contribution is -2.66. The number of rotatable bonds is 31. The second-order valence-corrected chi connectivity index (χ2v) is 18.6. The molecule has 1 N–H and O–H groups in total. The van der Waals surface area contributed by atoms with Gasteiger partial charge in [0.25, 0.3) is 10.1 Å². The Morgan fingerprint density at radius 2 is 0.971 bits per heavy atom. The number of aliphatic hydroxyl groups is 1. The highest BCUT2D eigenvalue weighted by Crippen LogP contribution is 2.36. The van der Waals surface area contributed by atoms with E-state index in [4.69, 9.17) is 51.6 Å². The van der Waals surface area contributed by atoms with E-state index in [1.807, 2.05) is 121 Å². The molecule has 6 rings (SSSR count). The van der Waals surface area contributed by atoms with Gasteiger partial charge in [0.1, 0.15) is 48.8 Å². The van der Waals surface area contributed by atoms with Crippen LogP contribution in [0.2, 0.25) is 0 Å². The predicted molar refractivity (Wildman–Crippen MR) is 256 cm³/mol. The lowest BCUT2D eigenvalue weighted by Gasteiger charge is -2.50. The summed E-state index contributed by atoms with van der Waals surface area (Å²) in [5.74, 6) is 0. The van der Waals surface area contributed by atoms with Gasteiger partial charge in [0.15, 0.2) is 12.6 Å². The molecule has 0 bridgehead atoms. The molecule has 4 aromatic carbocycles. The van der Waals surface area contributed by atoms with Crippen LogP contribution < -0.4 is 0 Å². The lowest BCUT2D eigenvalue weighted by atomic mass is 9.96. The Morgan fingerprint density at radius 3 is 1.44 bits per heavy atom. The molecule has 2 aliphatic rings. The Morgan fingerprint density at radius 1 is 0.544 bits per heavy atom. The molecule has 10 atom stereocenters. The van der Waals surface area contributed by atoms with Crippen molar-refractivity contribution < 1.29 is 65.1 Å². The Hall–Kier alpha value is -3.91. The van der Waals surface area contributed by atoms with Crippen LogP contribution in [-0.2, 0) is 88.1 Å². The highest BCUT2D eigenvalue weighted by molar-refractivity contribution is 7.85. The highest BCUT2D eigenvalue weighted by atomic mass is 32.2. The first-order chi connectivity index (χ1) is 33.3. The molecule has 2 aliphatic heterocycles. The van der Waals surface area contributed by atoms with Gasteiger partial charge in [-0.3, -0.25) is 4.18 Å². The van der Waals surface area contributed by atoms with Crippen molar-refractivity contribution in [2.24, 2.45) is 0 Å². The van der Waals surface area contributed by atoms with Crippen molar-refractivity contribution in [1.82, 2.24) is 0 Å². The van der Waals surface area contributed by atoms with Crippen LogP contribution in [0.25, 0.3) is 0 Å². The molecule has 2 heterocycles. The van der Waals surface area contributed by atoms with Gasteiger partial charge in [-0.1, -0.05) is 153 Å². The first-order valence-corrected chi connectivity index (χ1v) is 25.4. The van der Waals surface area contributed by atoms with Gasteiger partial charge in [-0.05, 0) is 35.1 Å². The minimum atomic E-state index is -3.88. The average Bonchev–Trinajstić information content (AvgIpc) is 3.36. The van der Waals surface area contributed by atoms with Crippen molar-refractivity contribution in [3.8, 4) is 0 Å². The van der Waals surface area contributed by atoms with Gasteiger partial charge in [-0.15, -0.1) is 6.58 Å². The van der Waals surface area contributed by atoms with Crippen LogP contribution in [0.1, 0.15) is 60.8 Å². The molecule has 372 valence electrons. The summed E-state index contributed by atoms with van der Waals surface area (Å²) in [5.41, 5.74) is 3.71. The zero-order valence-corrected chi connectivity index (χ0v) is 40.2. The number of hydrogen-bond donors (Lipinski definition) is 1. The van der Waals surface area contributed by atoms with Crippen molar-refractivity contribution in [2.75, 3.05) is 46.4 Å². The Bertz CT molecular complexity index is 2070. The fraction of sp³-hybridized carbons (Fsp3) is 0.509. The molecule has 14 nitrogen and oxygen atoms in total. The summed E-state index contributed by atoms with van der Waals surface area (Å²) in [6, 6.07) is 39.2. The number of aliphatic hydroxyl groups excluding tert-OH is 1. The molecule has 0 saturated carbocycles. The van der Waals surface area contributed by atoms with E-state index in [9.17, 15) is 13.5 Å². The smallest absolute Gasteiger partial charge is 0.264 e. The van der Waals surface area contributed by atoms with Crippen molar-refractivity contribution in [2.45, 2.75) is 126 Å². The number of hydrogen-bond acceptors (Lipinski definition) is 14. The first kappa shape index (κ1) is 53.4. The monoisotopic (exact) mass is 962 g/mol. The van der Waals surface area contributed by atoms with Crippen LogP contribution >= 0.6 is 0 Å². The third kappa shape index (κ3) is 17.5. The molecule has 0 spiro atoms. The van der Waals surface area contributed by atoms with E-state index < -0.39 is 71.5 Å². The maximum Gasteiger partial charge on any atom is 0.264 e. The van der Waals surface area contributed by atoms with Gasteiger partial charge in [0, 0.05) is 20.3 Å². The molecular weight excluding hydrogens is 893 g/mol. The van der Waals surface area contributed by atoms with Crippen LogP contribution in [0, 0.1) is 0 Å². The number of ether oxygens (including phenoxy) is 10. The summed E-state index contributed by atoms with van der Waals surface area (Å²) in [6.45, 7) is 5.29. The molecular formula is C53H70O14S. The van der Waals surface area contributed by atoms with E-state index in [1.54, 1.807) is 6.08 Å². The maximum atomic E-state index is 12.3. The zero-order valence-electron chi connectivity index (χ0n) is 39.4. The number of benzene rings is 4. The van der Waals surface area contributed by atoms with Gasteiger partial charge >= 0.3 is 0 Å². The molecule has 0 aliphatic carbocycles. The SMILES string of the molecule is C=CCO[C@@H]1[C@H](O[C@H]2O[C@H](COCCCCCCCCO)[C@H](OCc3ccccc3)[C@H](OCc3ccccc3)[C@H]2OCc2ccccc2)[C@@H](OC)O[C@H](COS(C)(=O)=O)[C@H]1OCc1ccccc1. The van der Waals surface area contributed by atoms with Gasteiger partial charge in [0.2, 0.25) is 0 Å². The molecule has 0 unspecified atom stereocenters. The molecule has 15 heteroatoms. The summed E-state index contributed by atoms with van der Waals surface area (Å²) in [7, 11) is -2.41. The topological polar surface area (TPSA) is 156 Å². The second-order valence-electron chi connectivity index (χ2n) is 17.0. The molecule has 0 radical (unpaired) electrons. The van der Waals surface area contributed by atoms with Crippen LogP contribution in [0.15, 0.2) is 134 Å². The van der Waals surface area contributed by atoms with Crippen molar-refractivity contribution >= 4 is 10.1 Å². The van der Waals surface area contributed by atoms with Gasteiger partial charge in [-0.25, -0.2) is 0 Å². The minimum Gasteiger partial charge on any atom is -0.396 e. The van der Waals surface area contributed by atoms with E-state index >= 15 is 0 Å². The standard InChI is InChI=1S/C53H70O14S/c1-4-32-59-49-47(61-35-41-25-15-10-16-26-41)45(39-64-68(3,55)56)65-52(57-2)51(49)67-53-50(63-37-43-29-19-12-20-30-43)48(62-36-42-27-17-11-18-28-42)46(60-34-40-23-13-9-14-24-40)44(66-53)38-58-33-22-8-6-5-7-21-31-54/h4,9-20,23-30,44-54H,1,5-8,21-22,31-39H2,2-3H3/t44-,45-,46+,47-,48+,49+,50-,51+,52+,53-/m1/s1. The van der Waals surface area contributed by atoms with Crippen LogP contribution in [0.4, 0.5) is 0 Å². The summed E-state index contributed by atoms with van der Waals surface area (Å²) < 4.78 is 96.9. The summed E-state index contributed by atoms with van der Waals surface area (Å²) in [6.07, 6.45) is -0.952. The molecule has 68 heavy (non-hydrogen) atoms. The van der Waals surface area contributed by atoms with Crippen molar-refractivity contribution in [3.63, 3.8) is 0 Å². The normalized spacial score (nSPS) is 25.3. The minimum absolute atomic E-state index is 0.0847. The maximum absolute atomic E-state index is 12.3. The van der Waals surface area contributed by atoms with Crippen molar-refractivity contribution in [3.05, 3.63) is 156 Å². The van der Waals surface area contributed by atoms with E-state index in [1.165, 1.54) is 7.11 Å². The third-order valence-electron chi connectivity index (χ3n) is 11.7. The molecule has 4 aromatic rings. The average molecular weight is 963 g/mol. The lowest BCUT2D eigenvalue weighted by molar-refractivity contribution is -0.379. The van der Waals surface area contributed by atoms with Crippen LogP contribution in [0.5, 0.6) is 0 Å². The van der Waals surface area contributed by atoms with Gasteiger partial charge in [-0.2, -0.15) is 8.42 Å². The third-order valence-corrected chi connectivity index (χ3v) is 12.2. The van der Waals surface area contributed by atoms with E-state index in [2.05, 4.69) is 6.58 Å². The Balaban J connectivity index is 1.36. The second kappa shape index (κ2) is 29.3. The summed E-state index contributed by atoms with van der Waals surface area (Å²) in [4.78, 5) is 0. The van der Waals surface area contributed by atoms with Crippen LogP contribution in [0.3, 0.4) is 0 Å². The predicted octanol–water partition coefficient (Wildman–Crippen LogP) is 7.71. The fourth-order valence-electron chi connectivity index (χ4n) is 8.24. The quantitative estimate of drug-likeness (QED) is 0.0297. The van der Waals surface area contributed by atoms with Crippen molar-refractivity contribution in [1.29, 1.82) is 0 Å². The van der Waals surface area contributed by atoms with E-state index in [0.29, 0.717) is 6.61 Å². The Kier molecular flexibility index (Phi) is 23.0. The number of unbranched alkanes of at least 4 members (excludes halogenated alkanes) is 5.